The minimum atomic E-state index is -0.174. The Morgan fingerprint density at radius 3 is 2.74 bits per heavy atom. The Morgan fingerprint density at radius 1 is 1.47 bits per heavy atom. The molecule has 19 heavy (non-hydrogen) atoms. The topological polar surface area (TPSA) is 25.4 Å². The Kier molecular flexibility index (Phi) is 4.66. The number of hydrogen-bond acceptors (Lipinski definition) is 3. The van der Waals surface area contributed by atoms with E-state index in [1.165, 1.54) is 0 Å². The highest BCUT2D eigenvalue weighted by atomic mass is 19.1. The van der Waals surface area contributed by atoms with Gasteiger partial charge in [-0.1, -0.05) is 20.4 Å². The van der Waals surface area contributed by atoms with Crippen LogP contribution in [0.25, 0.3) is 6.08 Å². The summed E-state index contributed by atoms with van der Waals surface area (Å²) in [7, 11) is 0. The maximum Gasteiger partial charge on any atom is 0.149 e. The zero-order valence-electron chi connectivity index (χ0n) is 11.7. The van der Waals surface area contributed by atoms with Crippen molar-refractivity contribution in [2.24, 2.45) is 0 Å². The molecule has 2 rings (SSSR count). The molecule has 1 saturated heterocycles. The predicted octanol–water partition coefficient (Wildman–Crippen LogP) is 2.82. The standard InChI is InChI=1S/C15H21FN2O/c1-4-12-9-13(11(2)3)15(16)14(17-12)10-18-5-7-19-8-6-18/h4,9,11H,1,5-8,10H2,2-3H3. The van der Waals surface area contributed by atoms with Crippen LogP contribution in [-0.2, 0) is 11.3 Å². The van der Waals surface area contributed by atoms with Crippen LogP contribution < -0.4 is 0 Å². The highest BCUT2D eigenvalue weighted by Gasteiger charge is 2.18. The summed E-state index contributed by atoms with van der Waals surface area (Å²) in [5.74, 6) is -0.0303. The normalized spacial score (nSPS) is 16.8. The Labute approximate surface area is 114 Å². The first-order chi connectivity index (χ1) is 9.11. The molecule has 0 atom stereocenters. The van der Waals surface area contributed by atoms with Gasteiger partial charge < -0.3 is 4.74 Å². The number of nitrogens with zero attached hydrogens (tertiary/aromatic N) is 2. The van der Waals surface area contributed by atoms with Crippen LogP contribution in [0.15, 0.2) is 12.6 Å². The zero-order valence-corrected chi connectivity index (χ0v) is 11.7. The molecule has 0 bridgehead atoms. The molecule has 0 aliphatic carbocycles. The summed E-state index contributed by atoms with van der Waals surface area (Å²) >= 11 is 0. The second-order valence-electron chi connectivity index (χ2n) is 5.14. The van der Waals surface area contributed by atoms with Crippen LogP contribution in [-0.4, -0.2) is 36.2 Å². The molecule has 0 unspecified atom stereocenters. The van der Waals surface area contributed by atoms with Gasteiger partial charge in [-0.15, -0.1) is 0 Å². The number of ether oxygens (including phenoxy) is 1. The predicted molar refractivity (Wildman–Crippen MR) is 74.5 cm³/mol. The molecular formula is C15H21FN2O. The highest BCUT2D eigenvalue weighted by molar-refractivity contribution is 5.45. The van der Waals surface area contributed by atoms with Gasteiger partial charge in [-0.2, -0.15) is 0 Å². The molecular weight excluding hydrogens is 243 g/mol. The Bertz CT molecular complexity index is 454. The lowest BCUT2D eigenvalue weighted by molar-refractivity contribution is 0.0331. The van der Waals surface area contributed by atoms with Gasteiger partial charge in [-0.05, 0) is 23.6 Å². The van der Waals surface area contributed by atoms with E-state index in [1.54, 1.807) is 12.1 Å². The Hall–Kier alpha value is -1.26. The SMILES string of the molecule is C=Cc1cc(C(C)C)c(F)c(CN2CCOCC2)n1. The fourth-order valence-electron chi connectivity index (χ4n) is 2.23. The van der Waals surface area contributed by atoms with Gasteiger partial charge in [0.25, 0.3) is 0 Å². The highest BCUT2D eigenvalue weighted by Crippen LogP contribution is 2.23. The van der Waals surface area contributed by atoms with Gasteiger partial charge in [-0.25, -0.2) is 9.37 Å². The maximum atomic E-state index is 14.4. The summed E-state index contributed by atoms with van der Waals surface area (Å²) in [5, 5.41) is 0. The first kappa shape index (κ1) is 14.2. The van der Waals surface area contributed by atoms with Crippen molar-refractivity contribution in [3.8, 4) is 0 Å². The molecule has 1 aromatic rings. The van der Waals surface area contributed by atoms with E-state index >= 15 is 0 Å². The number of halogens is 1. The zero-order chi connectivity index (χ0) is 13.8. The number of pyridine rings is 1. The van der Waals surface area contributed by atoms with Crippen LogP contribution in [0, 0.1) is 5.82 Å². The second-order valence-corrected chi connectivity index (χ2v) is 5.14. The molecule has 2 heterocycles. The van der Waals surface area contributed by atoms with Crippen LogP contribution in [0.3, 0.4) is 0 Å². The molecule has 1 aliphatic rings. The van der Waals surface area contributed by atoms with Crippen LogP contribution in [0.2, 0.25) is 0 Å². The Balaban J connectivity index is 2.27. The van der Waals surface area contributed by atoms with E-state index in [0.717, 1.165) is 18.8 Å². The largest absolute Gasteiger partial charge is 0.379 e. The van der Waals surface area contributed by atoms with Gasteiger partial charge in [0.15, 0.2) is 0 Å². The molecule has 0 radical (unpaired) electrons. The summed E-state index contributed by atoms with van der Waals surface area (Å²) in [4.78, 5) is 6.52. The molecule has 0 spiro atoms. The van der Waals surface area contributed by atoms with Crippen molar-refractivity contribution in [1.29, 1.82) is 0 Å². The molecule has 0 aromatic carbocycles. The van der Waals surface area contributed by atoms with Crippen LogP contribution in [0.5, 0.6) is 0 Å². The molecule has 1 aromatic heterocycles. The first-order valence-corrected chi connectivity index (χ1v) is 6.73. The van der Waals surface area contributed by atoms with E-state index in [9.17, 15) is 4.39 Å². The van der Waals surface area contributed by atoms with Crippen molar-refractivity contribution in [3.05, 3.63) is 35.4 Å². The molecule has 0 N–H and O–H groups in total. The minimum Gasteiger partial charge on any atom is -0.379 e. The lowest BCUT2D eigenvalue weighted by atomic mass is 10.0. The van der Waals surface area contributed by atoms with Crippen molar-refractivity contribution in [2.45, 2.75) is 26.3 Å². The maximum absolute atomic E-state index is 14.4. The van der Waals surface area contributed by atoms with Crippen molar-refractivity contribution in [3.63, 3.8) is 0 Å². The van der Waals surface area contributed by atoms with E-state index in [0.29, 0.717) is 31.0 Å². The molecule has 1 fully saturated rings. The molecule has 1 aliphatic heterocycles. The number of hydrogen-bond donors (Lipinski definition) is 0. The van der Waals surface area contributed by atoms with Crippen molar-refractivity contribution < 1.29 is 9.13 Å². The lowest BCUT2D eigenvalue weighted by Crippen LogP contribution is -2.36. The van der Waals surface area contributed by atoms with Crippen LogP contribution >= 0.6 is 0 Å². The van der Waals surface area contributed by atoms with Gasteiger partial charge in [0.05, 0.1) is 24.6 Å². The quantitative estimate of drug-likeness (QED) is 0.836. The second kappa shape index (κ2) is 6.26. The summed E-state index contributed by atoms with van der Waals surface area (Å²) in [6, 6.07) is 1.79. The third kappa shape index (κ3) is 3.39. The summed E-state index contributed by atoms with van der Waals surface area (Å²) < 4.78 is 19.7. The van der Waals surface area contributed by atoms with E-state index in [1.807, 2.05) is 13.8 Å². The number of morpholine rings is 1. The first-order valence-electron chi connectivity index (χ1n) is 6.73. The van der Waals surface area contributed by atoms with Crippen molar-refractivity contribution in [2.75, 3.05) is 26.3 Å². The van der Waals surface area contributed by atoms with Gasteiger partial charge in [-0.3, -0.25) is 4.90 Å². The van der Waals surface area contributed by atoms with E-state index in [2.05, 4.69) is 16.5 Å². The molecule has 4 heteroatoms. The monoisotopic (exact) mass is 264 g/mol. The summed E-state index contributed by atoms with van der Waals surface area (Å²) in [6.45, 7) is 11.3. The average molecular weight is 264 g/mol. The van der Waals surface area contributed by atoms with Gasteiger partial charge in [0, 0.05) is 19.6 Å². The van der Waals surface area contributed by atoms with Crippen molar-refractivity contribution in [1.82, 2.24) is 9.88 Å². The fraction of sp³-hybridized carbons (Fsp3) is 0.533. The van der Waals surface area contributed by atoms with Gasteiger partial charge in [0.1, 0.15) is 5.82 Å². The van der Waals surface area contributed by atoms with Crippen molar-refractivity contribution >= 4 is 6.08 Å². The minimum absolute atomic E-state index is 0.144. The summed E-state index contributed by atoms with van der Waals surface area (Å²) in [5.41, 5.74) is 1.98. The molecule has 0 saturated carbocycles. The molecule has 0 amide bonds. The van der Waals surface area contributed by atoms with E-state index in [-0.39, 0.29) is 11.7 Å². The van der Waals surface area contributed by atoms with Crippen LogP contribution in [0.4, 0.5) is 4.39 Å². The molecule has 3 nitrogen and oxygen atoms in total. The smallest absolute Gasteiger partial charge is 0.149 e. The fourth-order valence-corrected chi connectivity index (χ4v) is 2.23. The van der Waals surface area contributed by atoms with E-state index < -0.39 is 0 Å². The van der Waals surface area contributed by atoms with Crippen LogP contribution in [0.1, 0.15) is 36.7 Å². The number of aromatic nitrogens is 1. The number of rotatable bonds is 4. The average Bonchev–Trinajstić information content (AvgIpc) is 2.42. The van der Waals surface area contributed by atoms with Gasteiger partial charge in [0.2, 0.25) is 0 Å². The molecule has 104 valence electrons. The van der Waals surface area contributed by atoms with E-state index in [4.69, 9.17) is 4.74 Å². The third-order valence-corrected chi connectivity index (χ3v) is 3.38. The lowest BCUT2D eigenvalue weighted by Gasteiger charge is -2.26. The summed E-state index contributed by atoms with van der Waals surface area (Å²) in [6.07, 6.45) is 1.67. The third-order valence-electron chi connectivity index (χ3n) is 3.38. The van der Waals surface area contributed by atoms with Gasteiger partial charge >= 0.3 is 0 Å². The Morgan fingerprint density at radius 2 is 2.16 bits per heavy atom.